The van der Waals surface area contributed by atoms with E-state index in [0.29, 0.717) is 37.9 Å². The topological polar surface area (TPSA) is 124 Å². The predicted octanol–water partition coefficient (Wildman–Crippen LogP) is 4.58. The molecule has 228 valence electrons. The number of carbonyl (C=O) groups is 1. The smallest absolute Gasteiger partial charge is 0.254 e. The minimum Gasteiger partial charge on any atom is -0.370 e. The van der Waals surface area contributed by atoms with Gasteiger partial charge in [0.1, 0.15) is 16.8 Å². The van der Waals surface area contributed by atoms with Crippen molar-refractivity contribution in [2.45, 2.75) is 52.4 Å². The lowest BCUT2D eigenvalue weighted by molar-refractivity contribution is 0.0744. The van der Waals surface area contributed by atoms with Gasteiger partial charge in [0, 0.05) is 51.0 Å². The molecule has 2 aliphatic heterocycles. The number of aryl methyl sites for hydroxylation is 2. The van der Waals surface area contributed by atoms with E-state index in [0.717, 1.165) is 60.3 Å². The highest BCUT2D eigenvalue weighted by atomic mass is 32.2. The Balaban J connectivity index is 0.00000423. The molecule has 2 aliphatic rings. The first-order valence-corrected chi connectivity index (χ1v) is 16.0. The van der Waals surface area contributed by atoms with E-state index in [1.54, 1.807) is 12.3 Å². The summed E-state index contributed by atoms with van der Waals surface area (Å²) in [4.78, 5) is 24.2. The Morgan fingerprint density at radius 1 is 0.977 bits per heavy atom. The van der Waals surface area contributed by atoms with Crippen LogP contribution in [0.1, 0.15) is 58.4 Å². The summed E-state index contributed by atoms with van der Waals surface area (Å²) in [5.74, 6) is 0.856. The summed E-state index contributed by atoms with van der Waals surface area (Å²) in [6, 6.07) is 15.3. The third-order valence-corrected chi connectivity index (χ3v) is 9.67. The Kier molecular flexibility index (Phi) is 9.78. The molecule has 5 rings (SSSR count). The Bertz CT molecular complexity index is 1630. The molecule has 1 amide bonds. The lowest BCUT2D eigenvalue weighted by Gasteiger charge is -2.37. The number of hydrogen-bond donors (Lipinski definition) is 1. The lowest BCUT2D eigenvalue weighted by atomic mass is 9.83. The molecule has 0 unspecified atom stereocenters. The van der Waals surface area contributed by atoms with Crippen molar-refractivity contribution in [1.29, 1.82) is 5.26 Å². The number of primary sulfonamides is 1. The largest absolute Gasteiger partial charge is 0.370 e. The van der Waals surface area contributed by atoms with Crippen molar-refractivity contribution in [2.24, 2.45) is 11.1 Å². The van der Waals surface area contributed by atoms with Gasteiger partial charge in [0.25, 0.3) is 5.91 Å². The average molecular weight is 603 g/mol. The molecule has 9 nitrogen and oxygen atoms in total. The first-order chi connectivity index (χ1) is 20.1. The summed E-state index contributed by atoms with van der Waals surface area (Å²) >= 11 is 0. The third kappa shape index (κ3) is 6.68. The normalized spacial score (nSPS) is 16.0. The van der Waals surface area contributed by atoms with E-state index in [4.69, 9.17) is 5.14 Å². The van der Waals surface area contributed by atoms with Gasteiger partial charge in [0.05, 0.1) is 11.3 Å². The van der Waals surface area contributed by atoms with Crippen LogP contribution < -0.4 is 14.9 Å². The Morgan fingerprint density at radius 3 is 2.30 bits per heavy atom. The van der Waals surface area contributed by atoms with Crippen LogP contribution in [0.25, 0.3) is 0 Å². The fourth-order valence-electron chi connectivity index (χ4n) is 6.50. The van der Waals surface area contributed by atoms with Gasteiger partial charge < -0.3 is 14.7 Å². The molecule has 3 aromatic rings. The van der Waals surface area contributed by atoms with Gasteiger partial charge in [-0.25, -0.2) is 18.5 Å². The number of sulfonamides is 1. The van der Waals surface area contributed by atoms with Crippen molar-refractivity contribution in [3.8, 4) is 6.07 Å². The molecular formula is C33H42N6O3S. The van der Waals surface area contributed by atoms with E-state index in [2.05, 4.69) is 35.9 Å². The number of hydrogen-bond acceptors (Lipinski definition) is 7. The van der Waals surface area contributed by atoms with E-state index >= 15 is 0 Å². The minimum absolute atomic E-state index is 0. The molecule has 10 heteroatoms. The monoisotopic (exact) mass is 602 g/mol. The summed E-state index contributed by atoms with van der Waals surface area (Å²) in [5.41, 5.74) is 7.00. The third-order valence-electron chi connectivity index (χ3n) is 8.74. The molecule has 0 radical (unpaired) electrons. The molecule has 0 spiro atoms. The molecule has 0 saturated carbocycles. The molecule has 43 heavy (non-hydrogen) atoms. The second kappa shape index (κ2) is 13.1. The SMILES string of the molecule is C.Cc1cc(C)c(C(=O)N2CCN(c3ncccc3S(N)(=O)=O)CC2)c(C)c1CC1CCN(c2ccccc2C#N)CC1. The summed E-state index contributed by atoms with van der Waals surface area (Å²) in [7, 11) is -3.91. The molecule has 0 bridgehead atoms. The fourth-order valence-corrected chi connectivity index (χ4v) is 7.21. The number of nitrogens with zero attached hydrogens (tertiary/aromatic N) is 5. The highest BCUT2D eigenvalue weighted by Gasteiger charge is 2.29. The second-order valence-electron chi connectivity index (χ2n) is 11.4. The van der Waals surface area contributed by atoms with Gasteiger partial charge in [0.2, 0.25) is 10.0 Å². The van der Waals surface area contributed by atoms with Crippen molar-refractivity contribution in [1.82, 2.24) is 9.88 Å². The van der Waals surface area contributed by atoms with Gasteiger partial charge in [-0.05, 0) is 92.5 Å². The number of nitrogens with two attached hydrogens (primary N) is 1. The summed E-state index contributed by atoms with van der Waals surface area (Å²) in [5, 5.41) is 14.9. The second-order valence-corrected chi connectivity index (χ2v) is 12.9. The first kappa shape index (κ1) is 32.0. The lowest BCUT2D eigenvalue weighted by Crippen LogP contribution is -2.49. The zero-order valence-electron chi connectivity index (χ0n) is 24.5. The molecule has 1 aromatic heterocycles. The van der Waals surface area contributed by atoms with Gasteiger partial charge >= 0.3 is 0 Å². The zero-order chi connectivity index (χ0) is 30.0. The van der Waals surface area contributed by atoms with E-state index in [1.165, 1.54) is 17.2 Å². The van der Waals surface area contributed by atoms with Crippen molar-refractivity contribution in [3.05, 3.63) is 82.0 Å². The number of benzene rings is 2. The number of nitriles is 1. The maximum atomic E-state index is 13.9. The van der Waals surface area contributed by atoms with Crippen LogP contribution in [0.2, 0.25) is 0 Å². The molecule has 0 aliphatic carbocycles. The summed E-state index contributed by atoms with van der Waals surface area (Å²) < 4.78 is 24.1. The number of pyridine rings is 1. The summed E-state index contributed by atoms with van der Waals surface area (Å²) in [6.07, 6.45) is 4.55. The average Bonchev–Trinajstić information content (AvgIpc) is 2.99. The maximum absolute atomic E-state index is 13.9. The van der Waals surface area contributed by atoms with Gasteiger partial charge in [-0.3, -0.25) is 4.79 Å². The molecule has 2 saturated heterocycles. The number of piperidine rings is 1. The first-order valence-electron chi connectivity index (χ1n) is 14.4. The van der Waals surface area contributed by atoms with Gasteiger partial charge in [-0.15, -0.1) is 0 Å². The predicted molar refractivity (Wildman–Crippen MR) is 171 cm³/mol. The van der Waals surface area contributed by atoms with Gasteiger partial charge in [-0.2, -0.15) is 5.26 Å². The van der Waals surface area contributed by atoms with Gasteiger partial charge in [0.15, 0.2) is 0 Å². The van der Waals surface area contributed by atoms with Crippen LogP contribution in [0.4, 0.5) is 11.5 Å². The van der Waals surface area contributed by atoms with Crippen molar-refractivity contribution in [3.63, 3.8) is 0 Å². The number of amides is 1. The fraction of sp³-hybridized carbons (Fsp3) is 0.424. The number of rotatable bonds is 6. The quantitative estimate of drug-likeness (QED) is 0.438. The van der Waals surface area contributed by atoms with Crippen LogP contribution in [0, 0.1) is 38.0 Å². The van der Waals surface area contributed by atoms with Crippen LogP contribution in [-0.4, -0.2) is 63.5 Å². The van der Waals surface area contributed by atoms with Crippen molar-refractivity contribution >= 4 is 27.4 Å². The van der Waals surface area contributed by atoms with Crippen LogP contribution >= 0.6 is 0 Å². The summed E-state index contributed by atoms with van der Waals surface area (Å²) in [6.45, 7) is 9.89. The van der Waals surface area contributed by atoms with Crippen molar-refractivity contribution < 1.29 is 13.2 Å². The standard InChI is InChI=1S/C32H38N6O3S.CH4/c1-22-19-23(2)30(32(39)38-17-15-37(16-18-38)31-29(42(34,40)41)9-6-12-35-31)24(3)27(22)20-25-10-13-36(14-11-25)28-8-5-4-7-26(28)21-33;/h4-9,12,19,25H,10-11,13-18,20H2,1-3H3,(H2,34,40,41);1H4. The molecule has 0 atom stereocenters. The van der Waals surface area contributed by atoms with Crippen LogP contribution in [0.3, 0.4) is 0 Å². The van der Waals surface area contributed by atoms with Gasteiger partial charge in [-0.1, -0.05) is 25.6 Å². The van der Waals surface area contributed by atoms with Crippen molar-refractivity contribution in [2.75, 3.05) is 49.1 Å². The van der Waals surface area contributed by atoms with Crippen LogP contribution in [-0.2, 0) is 16.4 Å². The van der Waals surface area contributed by atoms with Crippen LogP contribution in [0.5, 0.6) is 0 Å². The highest BCUT2D eigenvalue weighted by Crippen LogP contribution is 2.32. The van der Waals surface area contributed by atoms with Crippen LogP contribution in [0.15, 0.2) is 53.6 Å². The maximum Gasteiger partial charge on any atom is 0.254 e. The molecule has 2 aromatic carbocycles. The number of piperazine rings is 1. The Labute approximate surface area is 256 Å². The molecule has 2 fully saturated rings. The number of anilines is 2. The zero-order valence-corrected chi connectivity index (χ0v) is 25.3. The number of aromatic nitrogens is 1. The minimum atomic E-state index is -3.91. The van der Waals surface area contributed by atoms with E-state index in [9.17, 15) is 18.5 Å². The number of carbonyl (C=O) groups excluding carboxylic acids is 1. The highest BCUT2D eigenvalue weighted by molar-refractivity contribution is 7.89. The number of para-hydroxylation sites is 1. The molecular weight excluding hydrogens is 560 g/mol. The Morgan fingerprint density at radius 2 is 1.65 bits per heavy atom. The molecule has 2 N–H and O–H groups in total. The van der Waals surface area contributed by atoms with E-state index in [1.807, 2.05) is 41.0 Å². The van der Waals surface area contributed by atoms with E-state index < -0.39 is 10.0 Å². The molecule has 3 heterocycles. The van der Waals surface area contributed by atoms with E-state index in [-0.39, 0.29) is 18.2 Å². The Hall–Kier alpha value is -3.94.